The van der Waals surface area contributed by atoms with E-state index in [2.05, 4.69) is 0 Å². The van der Waals surface area contributed by atoms with Crippen molar-refractivity contribution in [3.63, 3.8) is 0 Å². The van der Waals surface area contributed by atoms with Crippen LogP contribution in [0.15, 0.2) is 11.3 Å². The number of Topliss-reactive ketones (excluding diaryl/α,β-unsaturated/α-hetero) is 1. The van der Waals surface area contributed by atoms with Crippen molar-refractivity contribution in [3.8, 4) is 0 Å². The van der Waals surface area contributed by atoms with Crippen molar-refractivity contribution in [1.82, 2.24) is 4.90 Å². The molecule has 1 heterocycles. The standard InChI is InChI=1S/C18H24F3NO3/c1-2-25-16(24)12-5-9-22(10-6-12)13-11-17(7-3-4-8-17)14(13)15(23)18(19,20)21/h12H,2-11H2,1H3. The van der Waals surface area contributed by atoms with Crippen LogP contribution >= 0.6 is 0 Å². The fraction of sp³-hybridized carbons (Fsp3) is 0.778. The van der Waals surface area contributed by atoms with Crippen molar-refractivity contribution < 1.29 is 27.5 Å². The molecule has 1 saturated carbocycles. The van der Waals surface area contributed by atoms with Gasteiger partial charge in [0.2, 0.25) is 0 Å². The molecule has 4 nitrogen and oxygen atoms in total. The number of alkyl halides is 3. The lowest BCUT2D eigenvalue weighted by Gasteiger charge is -2.48. The summed E-state index contributed by atoms with van der Waals surface area (Å²) in [6.07, 6.45) is -0.0285. The van der Waals surface area contributed by atoms with E-state index in [1.165, 1.54) is 0 Å². The van der Waals surface area contributed by atoms with Crippen molar-refractivity contribution in [2.45, 2.75) is 58.0 Å². The first-order valence-electron chi connectivity index (χ1n) is 9.05. The minimum absolute atomic E-state index is 0.00656. The Morgan fingerprint density at radius 1 is 1.20 bits per heavy atom. The number of ketones is 1. The first kappa shape index (κ1) is 18.3. The number of carbonyl (C=O) groups excluding carboxylic acids is 2. The van der Waals surface area contributed by atoms with Crippen LogP contribution in [-0.4, -0.2) is 42.5 Å². The molecular formula is C18H24F3NO3. The molecule has 140 valence electrons. The molecule has 0 bridgehead atoms. The van der Waals surface area contributed by atoms with Gasteiger partial charge in [0.1, 0.15) is 0 Å². The van der Waals surface area contributed by atoms with Crippen LogP contribution in [0.25, 0.3) is 0 Å². The zero-order valence-electron chi connectivity index (χ0n) is 14.5. The summed E-state index contributed by atoms with van der Waals surface area (Å²) in [4.78, 5) is 25.7. The summed E-state index contributed by atoms with van der Waals surface area (Å²) in [5.41, 5.74) is 0.0125. The van der Waals surface area contributed by atoms with Gasteiger partial charge in [0.05, 0.1) is 12.5 Å². The number of rotatable bonds is 4. The highest BCUT2D eigenvalue weighted by Crippen LogP contribution is 2.59. The second-order valence-electron chi connectivity index (χ2n) is 7.33. The first-order chi connectivity index (χ1) is 11.8. The lowest BCUT2D eigenvalue weighted by atomic mass is 9.63. The Morgan fingerprint density at radius 3 is 2.32 bits per heavy atom. The highest BCUT2D eigenvalue weighted by atomic mass is 19.4. The predicted molar refractivity (Wildman–Crippen MR) is 84.5 cm³/mol. The van der Waals surface area contributed by atoms with E-state index in [9.17, 15) is 22.8 Å². The normalized spacial score (nSPS) is 23.8. The molecule has 25 heavy (non-hydrogen) atoms. The topological polar surface area (TPSA) is 46.6 Å². The molecule has 3 rings (SSSR count). The smallest absolute Gasteiger partial charge is 0.454 e. The Morgan fingerprint density at radius 2 is 1.80 bits per heavy atom. The monoisotopic (exact) mass is 359 g/mol. The number of halogens is 3. The molecule has 1 spiro atoms. The predicted octanol–water partition coefficient (Wildman–Crippen LogP) is 3.61. The van der Waals surface area contributed by atoms with E-state index in [1.54, 1.807) is 6.92 Å². The first-order valence-corrected chi connectivity index (χ1v) is 9.05. The van der Waals surface area contributed by atoms with Gasteiger partial charge in [0.25, 0.3) is 5.78 Å². The maximum atomic E-state index is 13.1. The van der Waals surface area contributed by atoms with Crippen LogP contribution in [-0.2, 0) is 14.3 Å². The molecule has 1 aliphatic heterocycles. The summed E-state index contributed by atoms with van der Waals surface area (Å²) >= 11 is 0. The van der Waals surface area contributed by atoms with Gasteiger partial charge in [-0.05, 0) is 39.0 Å². The summed E-state index contributed by atoms with van der Waals surface area (Å²) in [5, 5.41) is 0. The number of ether oxygens (including phenoxy) is 1. The quantitative estimate of drug-likeness (QED) is 0.720. The second-order valence-corrected chi connectivity index (χ2v) is 7.33. The molecule has 0 radical (unpaired) electrons. The third kappa shape index (κ3) is 3.29. The number of esters is 1. The number of piperidine rings is 1. The summed E-state index contributed by atoms with van der Waals surface area (Å²) in [6, 6.07) is 0. The molecular weight excluding hydrogens is 335 g/mol. The largest absolute Gasteiger partial charge is 0.466 e. The van der Waals surface area contributed by atoms with E-state index in [-0.39, 0.29) is 17.5 Å². The second kappa shape index (κ2) is 6.65. The molecule has 0 aromatic carbocycles. The van der Waals surface area contributed by atoms with E-state index in [1.807, 2.05) is 4.90 Å². The third-order valence-corrected chi connectivity index (χ3v) is 5.87. The maximum absolute atomic E-state index is 13.1. The Hall–Kier alpha value is -1.53. The zero-order chi connectivity index (χ0) is 18.2. The van der Waals surface area contributed by atoms with E-state index in [4.69, 9.17) is 4.74 Å². The van der Waals surface area contributed by atoms with Gasteiger partial charge in [-0.15, -0.1) is 0 Å². The van der Waals surface area contributed by atoms with Crippen molar-refractivity contribution in [2.24, 2.45) is 11.3 Å². The van der Waals surface area contributed by atoms with Gasteiger partial charge in [0, 0.05) is 29.8 Å². The van der Waals surface area contributed by atoms with Crippen LogP contribution in [0.3, 0.4) is 0 Å². The highest BCUT2D eigenvalue weighted by Gasteiger charge is 2.57. The lowest BCUT2D eigenvalue weighted by molar-refractivity contribution is -0.169. The fourth-order valence-electron chi connectivity index (χ4n) is 4.60. The molecule has 2 aliphatic carbocycles. The molecule has 0 amide bonds. The summed E-state index contributed by atoms with van der Waals surface area (Å²) in [7, 11) is 0. The number of allylic oxidation sites excluding steroid dienone is 2. The number of hydrogen-bond donors (Lipinski definition) is 0. The summed E-state index contributed by atoms with van der Waals surface area (Å²) < 4.78 is 44.3. The van der Waals surface area contributed by atoms with Gasteiger partial charge in [-0.25, -0.2) is 0 Å². The Kier molecular flexibility index (Phi) is 4.86. The van der Waals surface area contributed by atoms with Gasteiger partial charge in [-0.1, -0.05) is 12.8 Å². The molecule has 1 saturated heterocycles. The molecule has 0 unspecified atom stereocenters. The fourth-order valence-corrected chi connectivity index (χ4v) is 4.60. The van der Waals surface area contributed by atoms with Crippen LogP contribution in [0.5, 0.6) is 0 Å². The van der Waals surface area contributed by atoms with Crippen LogP contribution in [0, 0.1) is 11.3 Å². The van der Waals surface area contributed by atoms with Crippen molar-refractivity contribution in [3.05, 3.63) is 11.3 Å². The molecule has 0 aromatic rings. The number of nitrogens with zero attached hydrogens (tertiary/aromatic N) is 1. The zero-order valence-corrected chi connectivity index (χ0v) is 14.5. The van der Waals surface area contributed by atoms with Crippen molar-refractivity contribution in [2.75, 3.05) is 19.7 Å². The molecule has 3 aliphatic rings. The maximum Gasteiger partial charge on any atom is 0.454 e. The van der Waals surface area contributed by atoms with Gasteiger partial charge in [-0.3, -0.25) is 9.59 Å². The Labute approximate surface area is 145 Å². The molecule has 7 heteroatoms. The van der Waals surface area contributed by atoms with Crippen molar-refractivity contribution >= 4 is 11.8 Å². The summed E-state index contributed by atoms with van der Waals surface area (Å²) in [6.45, 7) is 3.09. The average molecular weight is 359 g/mol. The average Bonchev–Trinajstić information content (AvgIpc) is 3.04. The third-order valence-electron chi connectivity index (χ3n) is 5.87. The number of carbonyl (C=O) groups is 2. The SMILES string of the molecule is CCOC(=O)C1CCN(C2=C(C(=O)C(F)(F)F)C3(CCCC3)C2)CC1. The van der Waals surface area contributed by atoms with Gasteiger partial charge in [0.15, 0.2) is 0 Å². The molecule has 0 atom stereocenters. The van der Waals surface area contributed by atoms with Crippen LogP contribution in [0.1, 0.15) is 51.9 Å². The van der Waals surface area contributed by atoms with Crippen LogP contribution < -0.4 is 0 Å². The van der Waals surface area contributed by atoms with Gasteiger partial charge < -0.3 is 9.64 Å². The van der Waals surface area contributed by atoms with Gasteiger partial charge >= 0.3 is 12.1 Å². The van der Waals surface area contributed by atoms with E-state index < -0.39 is 17.4 Å². The van der Waals surface area contributed by atoms with Gasteiger partial charge in [-0.2, -0.15) is 13.2 Å². The van der Waals surface area contributed by atoms with E-state index >= 15 is 0 Å². The molecule has 0 N–H and O–H groups in total. The van der Waals surface area contributed by atoms with Crippen molar-refractivity contribution in [1.29, 1.82) is 0 Å². The molecule has 0 aromatic heterocycles. The minimum atomic E-state index is -4.82. The highest BCUT2D eigenvalue weighted by molar-refractivity contribution is 6.03. The lowest BCUT2D eigenvalue weighted by Crippen LogP contribution is -2.48. The van der Waals surface area contributed by atoms with Crippen LogP contribution in [0.2, 0.25) is 0 Å². The number of likely N-dealkylation sites (tertiary alicyclic amines) is 1. The number of hydrogen-bond acceptors (Lipinski definition) is 4. The van der Waals surface area contributed by atoms with E-state index in [0.29, 0.717) is 57.5 Å². The summed E-state index contributed by atoms with van der Waals surface area (Å²) in [5.74, 6) is -2.09. The minimum Gasteiger partial charge on any atom is -0.466 e. The Bertz CT molecular complexity index is 583. The molecule has 2 fully saturated rings. The Balaban J connectivity index is 1.76. The van der Waals surface area contributed by atoms with E-state index in [0.717, 1.165) is 12.8 Å². The van der Waals surface area contributed by atoms with Crippen LogP contribution in [0.4, 0.5) is 13.2 Å².